The average molecular weight is 251 g/mol. The van der Waals surface area contributed by atoms with Gasteiger partial charge in [0.15, 0.2) is 0 Å². The molecule has 5 heteroatoms. The highest BCUT2D eigenvalue weighted by atomic mass is 35.5. The zero-order chi connectivity index (χ0) is 11.1. The second-order valence-corrected chi connectivity index (χ2v) is 4.20. The van der Waals surface area contributed by atoms with Gasteiger partial charge in [-0.2, -0.15) is 0 Å². The van der Waals surface area contributed by atoms with Crippen LogP contribution in [0.15, 0.2) is 0 Å². The van der Waals surface area contributed by atoms with Crippen LogP contribution < -0.4 is 10.6 Å². The predicted molar refractivity (Wildman–Crippen MR) is 66.9 cm³/mol. The molecule has 1 saturated carbocycles. The van der Waals surface area contributed by atoms with Gasteiger partial charge in [-0.3, -0.25) is 4.79 Å². The fourth-order valence-corrected chi connectivity index (χ4v) is 1.45. The van der Waals surface area contributed by atoms with E-state index in [2.05, 4.69) is 10.6 Å². The van der Waals surface area contributed by atoms with Gasteiger partial charge in [0.2, 0.25) is 5.91 Å². The van der Waals surface area contributed by atoms with E-state index >= 15 is 0 Å². The van der Waals surface area contributed by atoms with Gasteiger partial charge in [0.05, 0.1) is 19.2 Å². The maximum Gasteiger partial charge on any atom is 0.234 e. The number of methoxy groups -OCH3 is 1. The first-order chi connectivity index (χ1) is 7.26. The van der Waals surface area contributed by atoms with E-state index in [-0.39, 0.29) is 24.4 Å². The fraction of sp³-hybridized carbons (Fsp3) is 0.909. The Morgan fingerprint density at radius 1 is 1.50 bits per heavy atom. The van der Waals surface area contributed by atoms with Gasteiger partial charge in [-0.25, -0.2) is 0 Å². The number of carbonyl (C=O) groups is 1. The zero-order valence-electron chi connectivity index (χ0n) is 10.1. The third-order valence-electron chi connectivity index (χ3n) is 2.64. The van der Waals surface area contributed by atoms with Crippen LogP contribution in [-0.4, -0.2) is 38.8 Å². The van der Waals surface area contributed by atoms with Crippen molar-refractivity contribution in [3.05, 3.63) is 0 Å². The summed E-state index contributed by atoms with van der Waals surface area (Å²) < 4.78 is 5.01. The lowest BCUT2D eigenvalue weighted by molar-refractivity contribution is -0.121. The minimum absolute atomic E-state index is 0. The molecule has 1 amide bonds. The smallest absolute Gasteiger partial charge is 0.234 e. The number of ether oxygens (including phenoxy) is 1. The van der Waals surface area contributed by atoms with Crippen LogP contribution in [0.3, 0.4) is 0 Å². The van der Waals surface area contributed by atoms with Crippen molar-refractivity contribution in [1.29, 1.82) is 0 Å². The molecule has 0 spiro atoms. The molecule has 96 valence electrons. The summed E-state index contributed by atoms with van der Waals surface area (Å²) in [5.74, 6) is 0.887. The summed E-state index contributed by atoms with van der Waals surface area (Å²) in [6.45, 7) is 4.04. The average Bonchev–Trinajstić information content (AvgIpc) is 3.01. The molecule has 0 aromatic rings. The van der Waals surface area contributed by atoms with Crippen LogP contribution >= 0.6 is 12.4 Å². The van der Waals surface area contributed by atoms with Gasteiger partial charge in [-0.05, 0) is 31.7 Å². The van der Waals surface area contributed by atoms with Crippen molar-refractivity contribution in [3.8, 4) is 0 Å². The van der Waals surface area contributed by atoms with Gasteiger partial charge in [0.1, 0.15) is 0 Å². The Balaban J connectivity index is 0.00000225. The highest BCUT2D eigenvalue weighted by Gasteiger charge is 2.20. The summed E-state index contributed by atoms with van der Waals surface area (Å²) in [7, 11) is 1.65. The van der Waals surface area contributed by atoms with Gasteiger partial charge >= 0.3 is 0 Å². The first-order valence-corrected chi connectivity index (χ1v) is 5.75. The molecule has 0 aromatic carbocycles. The molecule has 0 heterocycles. The zero-order valence-corrected chi connectivity index (χ0v) is 10.9. The molecule has 0 radical (unpaired) electrons. The van der Waals surface area contributed by atoms with Crippen LogP contribution in [0.2, 0.25) is 0 Å². The Bertz CT molecular complexity index is 198. The summed E-state index contributed by atoms with van der Waals surface area (Å²) in [6.07, 6.45) is 3.54. The molecule has 16 heavy (non-hydrogen) atoms. The summed E-state index contributed by atoms with van der Waals surface area (Å²) in [5.41, 5.74) is 0. The Morgan fingerprint density at radius 2 is 2.19 bits per heavy atom. The monoisotopic (exact) mass is 250 g/mol. The number of carbonyl (C=O) groups excluding carboxylic acids is 1. The molecular weight excluding hydrogens is 228 g/mol. The molecule has 0 aliphatic heterocycles. The third-order valence-corrected chi connectivity index (χ3v) is 2.64. The van der Waals surface area contributed by atoms with Crippen LogP contribution in [0.5, 0.6) is 0 Å². The summed E-state index contributed by atoms with van der Waals surface area (Å²) in [5, 5.41) is 6.10. The molecule has 1 fully saturated rings. The third kappa shape index (κ3) is 7.04. The van der Waals surface area contributed by atoms with E-state index in [0.717, 1.165) is 18.9 Å². The summed E-state index contributed by atoms with van der Waals surface area (Å²) in [6, 6.07) is 0.144. The van der Waals surface area contributed by atoms with E-state index in [1.165, 1.54) is 12.8 Å². The van der Waals surface area contributed by atoms with E-state index in [9.17, 15) is 4.79 Å². The lowest BCUT2D eigenvalue weighted by atomic mass is 10.2. The first-order valence-electron chi connectivity index (χ1n) is 5.75. The van der Waals surface area contributed by atoms with E-state index in [4.69, 9.17) is 4.74 Å². The van der Waals surface area contributed by atoms with Gasteiger partial charge < -0.3 is 15.4 Å². The SMILES string of the molecule is CCC(COC)NC(=O)CNCC1CC1.Cl. The van der Waals surface area contributed by atoms with E-state index in [0.29, 0.717) is 13.2 Å². The Kier molecular flexibility index (Phi) is 8.61. The van der Waals surface area contributed by atoms with Crippen LogP contribution in [0, 0.1) is 5.92 Å². The Labute approximate surface area is 104 Å². The normalized spacial score (nSPS) is 16.4. The molecule has 1 aliphatic carbocycles. The minimum atomic E-state index is 0. The van der Waals surface area contributed by atoms with Crippen molar-refractivity contribution in [2.75, 3.05) is 26.8 Å². The predicted octanol–water partition coefficient (Wildman–Crippen LogP) is 0.949. The van der Waals surface area contributed by atoms with Gasteiger partial charge in [-0.1, -0.05) is 6.92 Å². The molecule has 1 atom stereocenters. The number of rotatable bonds is 8. The maximum atomic E-state index is 11.5. The summed E-state index contributed by atoms with van der Waals surface area (Å²) in [4.78, 5) is 11.5. The highest BCUT2D eigenvalue weighted by Crippen LogP contribution is 2.27. The van der Waals surface area contributed by atoms with E-state index in [1.807, 2.05) is 6.92 Å². The second kappa shape index (κ2) is 8.79. The number of amides is 1. The lowest BCUT2D eigenvalue weighted by Crippen LogP contribution is -2.42. The van der Waals surface area contributed by atoms with Gasteiger partial charge in [-0.15, -0.1) is 12.4 Å². The maximum absolute atomic E-state index is 11.5. The quantitative estimate of drug-likeness (QED) is 0.675. The van der Waals surface area contributed by atoms with Crippen molar-refractivity contribution < 1.29 is 9.53 Å². The van der Waals surface area contributed by atoms with E-state index in [1.54, 1.807) is 7.11 Å². The topological polar surface area (TPSA) is 50.4 Å². The van der Waals surface area contributed by atoms with Gasteiger partial charge in [0.25, 0.3) is 0 Å². The molecular formula is C11H23ClN2O2. The standard InChI is InChI=1S/C11H22N2O2.ClH/c1-3-10(8-15-2)13-11(14)7-12-6-9-4-5-9;/h9-10,12H,3-8H2,1-2H3,(H,13,14);1H. The number of nitrogens with one attached hydrogen (secondary N) is 2. The fourth-order valence-electron chi connectivity index (χ4n) is 1.45. The van der Waals surface area contributed by atoms with Crippen molar-refractivity contribution in [2.45, 2.75) is 32.2 Å². The molecule has 1 unspecified atom stereocenters. The molecule has 1 rings (SSSR count). The minimum Gasteiger partial charge on any atom is -0.383 e. The Hall–Kier alpha value is -0.320. The molecule has 2 N–H and O–H groups in total. The molecule has 0 aromatic heterocycles. The molecule has 1 aliphatic rings. The first kappa shape index (κ1) is 15.7. The van der Waals surface area contributed by atoms with E-state index < -0.39 is 0 Å². The highest BCUT2D eigenvalue weighted by molar-refractivity contribution is 5.85. The van der Waals surface area contributed by atoms with Crippen molar-refractivity contribution in [2.24, 2.45) is 5.92 Å². The molecule has 4 nitrogen and oxygen atoms in total. The lowest BCUT2D eigenvalue weighted by Gasteiger charge is -2.15. The van der Waals surface area contributed by atoms with Crippen LogP contribution in [-0.2, 0) is 9.53 Å². The number of hydrogen-bond acceptors (Lipinski definition) is 3. The number of hydrogen-bond donors (Lipinski definition) is 2. The van der Waals surface area contributed by atoms with Crippen LogP contribution in [0.25, 0.3) is 0 Å². The summed E-state index contributed by atoms with van der Waals surface area (Å²) >= 11 is 0. The van der Waals surface area contributed by atoms with Crippen LogP contribution in [0.4, 0.5) is 0 Å². The molecule has 0 bridgehead atoms. The van der Waals surface area contributed by atoms with Crippen LogP contribution in [0.1, 0.15) is 26.2 Å². The number of halogens is 1. The largest absolute Gasteiger partial charge is 0.383 e. The van der Waals surface area contributed by atoms with Gasteiger partial charge in [0, 0.05) is 7.11 Å². The van der Waals surface area contributed by atoms with Crippen molar-refractivity contribution in [3.63, 3.8) is 0 Å². The Morgan fingerprint density at radius 3 is 2.69 bits per heavy atom. The van der Waals surface area contributed by atoms with Crippen molar-refractivity contribution >= 4 is 18.3 Å². The second-order valence-electron chi connectivity index (χ2n) is 4.20. The van der Waals surface area contributed by atoms with Crippen molar-refractivity contribution in [1.82, 2.24) is 10.6 Å². The molecule has 0 saturated heterocycles.